The van der Waals surface area contributed by atoms with Gasteiger partial charge in [-0.25, -0.2) is 15.0 Å². The van der Waals surface area contributed by atoms with Gasteiger partial charge < -0.3 is 5.32 Å². The minimum atomic E-state index is -0.254. The Morgan fingerprint density at radius 3 is 1.79 bits per heavy atom. The average molecular weight is 701 g/mol. The number of thioether (sulfide) groups is 1. The Bertz CT molecular complexity index is 2650. The molecule has 0 saturated heterocycles. The number of anilines is 1. The maximum absolute atomic E-state index is 5.24. The molecule has 2 heterocycles. The number of aromatic nitrogens is 3. The summed E-state index contributed by atoms with van der Waals surface area (Å²) < 4.78 is 0. The number of hydrogen-bond donors (Lipinski definition) is 1. The zero-order valence-corrected chi connectivity index (χ0v) is 30.6. The highest BCUT2D eigenvalue weighted by Gasteiger charge is 2.39. The van der Waals surface area contributed by atoms with Crippen LogP contribution in [0.1, 0.15) is 37.5 Å². The number of nitrogens with zero attached hydrogens (tertiary/aromatic N) is 3. The number of hydrogen-bond acceptors (Lipinski definition) is 5. The minimum absolute atomic E-state index is 0.220. The summed E-state index contributed by atoms with van der Waals surface area (Å²) in [6.07, 6.45) is 0. The summed E-state index contributed by atoms with van der Waals surface area (Å²) in [7, 11) is 0. The van der Waals surface area contributed by atoms with Crippen LogP contribution in [0.4, 0.5) is 5.69 Å². The Kier molecular flexibility index (Phi) is 7.18. The molecular weight excluding hydrogens is 665 g/mol. The van der Waals surface area contributed by atoms with Gasteiger partial charge in [0.15, 0.2) is 17.5 Å². The maximum Gasteiger partial charge on any atom is 0.164 e. The molecule has 53 heavy (non-hydrogen) atoms. The highest BCUT2D eigenvalue weighted by Crippen LogP contribution is 2.55. The SMILES string of the molecule is CC1(c2ccccc2)Nc2c(ccc3ccc(-c4cc(-c5nc(-c6ccccc6)nc(-c6ccccc6)n5)c5c(c4)C(C)(C)c4ccccc4-5)cc23)S1. The van der Waals surface area contributed by atoms with Crippen molar-refractivity contribution in [3.8, 4) is 56.4 Å². The van der Waals surface area contributed by atoms with Gasteiger partial charge in [-0.1, -0.05) is 159 Å². The second-order valence-corrected chi connectivity index (χ2v) is 16.1. The summed E-state index contributed by atoms with van der Waals surface area (Å²) in [4.78, 5) is 16.5. The van der Waals surface area contributed by atoms with Crippen LogP contribution in [0.5, 0.6) is 0 Å². The lowest BCUT2D eigenvalue weighted by Gasteiger charge is -2.25. The predicted molar refractivity (Wildman–Crippen MR) is 220 cm³/mol. The first-order valence-corrected chi connectivity index (χ1v) is 18.9. The van der Waals surface area contributed by atoms with Crippen molar-refractivity contribution in [1.82, 2.24) is 15.0 Å². The lowest BCUT2D eigenvalue weighted by atomic mass is 9.81. The van der Waals surface area contributed by atoms with Crippen molar-refractivity contribution in [2.45, 2.75) is 36.0 Å². The third-order valence-corrected chi connectivity index (χ3v) is 12.2. The van der Waals surface area contributed by atoms with E-state index < -0.39 is 0 Å². The molecule has 0 spiro atoms. The van der Waals surface area contributed by atoms with E-state index in [-0.39, 0.29) is 10.3 Å². The van der Waals surface area contributed by atoms with Gasteiger partial charge in [-0.3, -0.25) is 0 Å². The van der Waals surface area contributed by atoms with Crippen molar-refractivity contribution >= 4 is 28.2 Å². The van der Waals surface area contributed by atoms with Crippen molar-refractivity contribution in [2.75, 3.05) is 5.32 Å². The monoisotopic (exact) mass is 700 g/mol. The van der Waals surface area contributed by atoms with Crippen molar-refractivity contribution in [2.24, 2.45) is 0 Å². The fourth-order valence-corrected chi connectivity index (χ4v) is 9.40. The van der Waals surface area contributed by atoms with Gasteiger partial charge in [-0.2, -0.15) is 0 Å². The van der Waals surface area contributed by atoms with Crippen LogP contribution < -0.4 is 5.32 Å². The fourth-order valence-electron chi connectivity index (χ4n) is 8.15. The summed E-state index contributed by atoms with van der Waals surface area (Å²) in [6.45, 7) is 6.95. The van der Waals surface area contributed by atoms with E-state index in [4.69, 9.17) is 15.0 Å². The lowest BCUT2D eigenvalue weighted by molar-refractivity contribution is 0.660. The fraction of sp³-hybridized carbons (Fsp3) is 0.104. The first-order chi connectivity index (χ1) is 25.9. The number of benzene rings is 7. The molecule has 1 aliphatic heterocycles. The largest absolute Gasteiger partial charge is 0.366 e. The van der Waals surface area contributed by atoms with E-state index in [0.29, 0.717) is 17.5 Å². The standard InChI is InChI=1S/C48H36N4S/c1-47(2)39-22-14-13-21-36(39)42-38(46-50-44(31-15-7-4-8-16-31)49-45(51-46)32-17-9-5-10-18-32)28-34(29-40(42)47)33-24-23-30-25-26-41-43(37(30)27-33)52-48(3,53-41)35-19-11-6-12-20-35/h4-29,52H,1-3H3. The quantitative estimate of drug-likeness (QED) is 0.194. The van der Waals surface area contributed by atoms with Crippen molar-refractivity contribution in [3.63, 3.8) is 0 Å². The lowest BCUT2D eigenvalue weighted by Crippen LogP contribution is -2.23. The van der Waals surface area contributed by atoms with Crippen LogP contribution >= 0.6 is 11.8 Å². The first kappa shape index (κ1) is 31.7. The second kappa shape index (κ2) is 12.0. The molecular formula is C48H36N4S. The van der Waals surface area contributed by atoms with E-state index in [2.05, 4.69) is 147 Å². The van der Waals surface area contributed by atoms with Crippen LogP contribution in [-0.4, -0.2) is 15.0 Å². The summed E-state index contributed by atoms with van der Waals surface area (Å²) in [5, 5.41) is 6.36. The van der Waals surface area contributed by atoms with Gasteiger partial charge in [0.2, 0.25) is 0 Å². The van der Waals surface area contributed by atoms with Crippen LogP contribution in [0, 0.1) is 0 Å². The molecule has 1 aromatic heterocycles. The second-order valence-electron chi connectivity index (χ2n) is 14.7. The Hall–Kier alpha value is -6.04. The highest BCUT2D eigenvalue weighted by molar-refractivity contribution is 8.00. The molecule has 0 radical (unpaired) electrons. The molecule has 1 aliphatic carbocycles. The summed E-state index contributed by atoms with van der Waals surface area (Å²) in [5.74, 6) is 1.98. The molecule has 5 heteroatoms. The van der Waals surface area contributed by atoms with Crippen LogP contribution in [0.15, 0.2) is 163 Å². The maximum atomic E-state index is 5.24. The Morgan fingerprint density at radius 2 is 1.09 bits per heavy atom. The zero-order valence-electron chi connectivity index (χ0n) is 29.8. The molecule has 0 bridgehead atoms. The summed E-state index contributed by atoms with van der Waals surface area (Å²) in [5.41, 5.74) is 12.5. The molecule has 254 valence electrons. The molecule has 1 unspecified atom stereocenters. The third-order valence-electron chi connectivity index (χ3n) is 10.9. The average Bonchev–Trinajstić information content (AvgIpc) is 3.69. The van der Waals surface area contributed by atoms with Gasteiger partial charge in [0.1, 0.15) is 4.87 Å². The van der Waals surface area contributed by atoms with Crippen LogP contribution in [0.25, 0.3) is 67.2 Å². The van der Waals surface area contributed by atoms with Crippen LogP contribution in [0.2, 0.25) is 0 Å². The molecule has 4 nitrogen and oxygen atoms in total. The minimum Gasteiger partial charge on any atom is -0.366 e. The molecule has 1 atom stereocenters. The van der Waals surface area contributed by atoms with E-state index in [1.54, 1.807) is 0 Å². The summed E-state index contributed by atoms with van der Waals surface area (Å²) in [6, 6.07) is 56.0. The topological polar surface area (TPSA) is 50.7 Å². The van der Waals surface area contributed by atoms with E-state index in [0.717, 1.165) is 27.8 Å². The number of nitrogens with one attached hydrogen (secondary N) is 1. The predicted octanol–water partition coefficient (Wildman–Crippen LogP) is 12.4. The van der Waals surface area contributed by atoms with E-state index in [9.17, 15) is 0 Å². The van der Waals surface area contributed by atoms with E-state index in [1.165, 1.54) is 49.2 Å². The molecule has 1 N–H and O–H groups in total. The zero-order chi connectivity index (χ0) is 35.7. The Balaban J connectivity index is 1.20. The van der Waals surface area contributed by atoms with Gasteiger partial charge in [0.25, 0.3) is 0 Å². The molecule has 0 saturated carbocycles. The van der Waals surface area contributed by atoms with Gasteiger partial charge in [0.05, 0.1) is 5.69 Å². The van der Waals surface area contributed by atoms with Gasteiger partial charge in [-0.15, -0.1) is 0 Å². The number of fused-ring (bicyclic) bond motifs is 6. The van der Waals surface area contributed by atoms with Gasteiger partial charge >= 0.3 is 0 Å². The van der Waals surface area contributed by atoms with Gasteiger partial charge in [0, 0.05) is 32.4 Å². The van der Waals surface area contributed by atoms with Crippen LogP contribution in [0.3, 0.4) is 0 Å². The van der Waals surface area contributed by atoms with Gasteiger partial charge in [-0.05, 0) is 75.5 Å². The van der Waals surface area contributed by atoms with Crippen LogP contribution in [-0.2, 0) is 10.3 Å². The smallest absolute Gasteiger partial charge is 0.164 e. The molecule has 10 rings (SSSR count). The van der Waals surface area contributed by atoms with E-state index >= 15 is 0 Å². The molecule has 8 aromatic rings. The molecule has 0 amide bonds. The van der Waals surface area contributed by atoms with Crippen molar-refractivity contribution < 1.29 is 0 Å². The molecule has 0 fully saturated rings. The molecule has 7 aromatic carbocycles. The van der Waals surface area contributed by atoms with Crippen molar-refractivity contribution in [3.05, 3.63) is 174 Å². The first-order valence-electron chi connectivity index (χ1n) is 18.1. The van der Waals surface area contributed by atoms with Crippen molar-refractivity contribution in [1.29, 1.82) is 0 Å². The Labute approximate surface area is 314 Å². The number of rotatable bonds is 5. The highest BCUT2D eigenvalue weighted by atomic mass is 32.2. The normalized spacial score (nSPS) is 16.5. The third kappa shape index (κ3) is 5.18. The summed E-state index contributed by atoms with van der Waals surface area (Å²) >= 11 is 1.88. The molecule has 2 aliphatic rings. The van der Waals surface area contributed by atoms with E-state index in [1.807, 2.05) is 48.2 Å². The Morgan fingerprint density at radius 1 is 0.491 bits per heavy atom.